The molecular formula is C37H35N3O3. The monoisotopic (exact) mass is 569 g/mol. The van der Waals surface area contributed by atoms with Crippen molar-refractivity contribution in [2.75, 3.05) is 13.7 Å². The first-order chi connectivity index (χ1) is 21.0. The van der Waals surface area contributed by atoms with Crippen molar-refractivity contribution < 1.29 is 14.6 Å². The quantitative estimate of drug-likeness (QED) is 0.160. The van der Waals surface area contributed by atoms with Gasteiger partial charge < -0.3 is 14.4 Å². The Hall–Kier alpha value is -4.94. The average Bonchev–Trinajstić information content (AvgIpc) is 3.33. The summed E-state index contributed by atoms with van der Waals surface area (Å²) in [7, 11) is 2.02. The summed E-state index contributed by atoms with van der Waals surface area (Å²) in [5.74, 6) is -0.0832. The first-order valence-electron chi connectivity index (χ1n) is 14.6. The molecule has 0 bridgehead atoms. The number of nitrogens with zero attached hydrogens (tertiary/aromatic N) is 3. The van der Waals surface area contributed by atoms with Crippen LogP contribution in [0.2, 0.25) is 0 Å². The van der Waals surface area contributed by atoms with Gasteiger partial charge in [-0.3, -0.25) is 9.88 Å². The Labute approximate surface area is 251 Å². The predicted octanol–water partition coefficient (Wildman–Crippen LogP) is 7.96. The third kappa shape index (κ3) is 5.87. The van der Waals surface area contributed by atoms with Gasteiger partial charge in [-0.05, 0) is 66.2 Å². The van der Waals surface area contributed by atoms with Gasteiger partial charge in [-0.15, -0.1) is 0 Å². The standard InChI is InChI=1S/C37H35N3O3/c1-26-11-3-5-15-29(26)31-17-8-18-33-35(31)32(25-39(2)24-27-12-9-20-38-23-27)36(37(41)42)40(33)21-10-22-43-34-19-7-14-28-13-4-6-16-30(28)34/h3-9,11-20,23H,10,21-22,24-25H2,1-2H3,(H,41,42). The van der Waals surface area contributed by atoms with E-state index in [4.69, 9.17) is 4.74 Å². The van der Waals surface area contributed by atoms with Crippen molar-refractivity contribution in [3.05, 3.63) is 132 Å². The Bertz CT molecular complexity index is 1890. The summed E-state index contributed by atoms with van der Waals surface area (Å²) in [6.07, 6.45) is 4.28. The number of aromatic carboxylic acids is 1. The lowest BCUT2D eigenvalue weighted by atomic mass is 9.95. The number of rotatable bonds is 11. The highest BCUT2D eigenvalue weighted by Gasteiger charge is 2.25. The Balaban J connectivity index is 1.37. The van der Waals surface area contributed by atoms with E-state index < -0.39 is 5.97 Å². The van der Waals surface area contributed by atoms with Crippen molar-refractivity contribution in [3.63, 3.8) is 0 Å². The molecule has 6 nitrogen and oxygen atoms in total. The molecule has 0 spiro atoms. The maximum Gasteiger partial charge on any atom is 0.352 e. The number of benzene rings is 4. The molecule has 6 heteroatoms. The Morgan fingerprint density at radius 3 is 2.47 bits per heavy atom. The zero-order valence-electron chi connectivity index (χ0n) is 24.5. The van der Waals surface area contributed by atoms with E-state index in [9.17, 15) is 9.90 Å². The second-order valence-electron chi connectivity index (χ2n) is 11.0. The lowest BCUT2D eigenvalue weighted by Gasteiger charge is -2.18. The molecule has 0 radical (unpaired) electrons. The van der Waals surface area contributed by atoms with Crippen LogP contribution in [0.4, 0.5) is 0 Å². The summed E-state index contributed by atoms with van der Waals surface area (Å²) in [6.45, 7) is 4.23. The zero-order valence-corrected chi connectivity index (χ0v) is 24.5. The summed E-state index contributed by atoms with van der Waals surface area (Å²) in [5, 5.41) is 13.8. The molecule has 4 aromatic carbocycles. The largest absolute Gasteiger partial charge is 0.493 e. The second kappa shape index (κ2) is 12.5. The summed E-state index contributed by atoms with van der Waals surface area (Å²) in [6, 6.07) is 32.7. The van der Waals surface area contributed by atoms with E-state index in [-0.39, 0.29) is 0 Å². The second-order valence-corrected chi connectivity index (χ2v) is 11.0. The molecule has 0 saturated carbocycles. The van der Waals surface area contributed by atoms with Gasteiger partial charge in [0, 0.05) is 53.9 Å². The van der Waals surface area contributed by atoms with Gasteiger partial charge in [0.2, 0.25) is 0 Å². The highest BCUT2D eigenvalue weighted by molar-refractivity contribution is 6.05. The molecule has 0 fully saturated rings. The van der Waals surface area contributed by atoms with Gasteiger partial charge in [-0.1, -0.05) is 78.9 Å². The van der Waals surface area contributed by atoms with Crippen molar-refractivity contribution in [3.8, 4) is 16.9 Å². The van der Waals surface area contributed by atoms with Crippen molar-refractivity contribution in [2.45, 2.75) is 33.0 Å². The predicted molar refractivity (Wildman–Crippen MR) is 173 cm³/mol. The fourth-order valence-corrected chi connectivity index (χ4v) is 6.07. The van der Waals surface area contributed by atoms with Gasteiger partial charge in [0.05, 0.1) is 6.61 Å². The minimum atomic E-state index is -0.924. The molecule has 0 amide bonds. The van der Waals surface area contributed by atoms with Crippen LogP contribution in [0.1, 0.15) is 33.6 Å². The van der Waals surface area contributed by atoms with E-state index in [1.54, 1.807) is 6.20 Å². The number of aryl methyl sites for hydroxylation is 2. The number of hydrogen-bond donors (Lipinski definition) is 1. The van der Waals surface area contributed by atoms with E-state index in [0.29, 0.717) is 38.4 Å². The lowest BCUT2D eigenvalue weighted by molar-refractivity contribution is 0.0682. The smallest absolute Gasteiger partial charge is 0.352 e. The first kappa shape index (κ1) is 28.2. The van der Waals surface area contributed by atoms with Crippen molar-refractivity contribution in [1.29, 1.82) is 0 Å². The summed E-state index contributed by atoms with van der Waals surface area (Å²) < 4.78 is 8.20. The number of fused-ring (bicyclic) bond motifs is 2. The highest BCUT2D eigenvalue weighted by atomic mass is 16.5. The van der Waals surface area contributed by atoms with Crippen molar-refractivity contribution >= 4 is 27.6 Å². The summed E-state index contributed by atoms with van der Waals surface area (Å²) in [5.41, 5.74) is 6.47. The Morgan fingerprint density at radius 2 is 1.65 bits per heavy atom. The van der Waals surface area contributed by atoms with E-state index >= 15 is 0 Å². The number of carbonyl (C=O) groups is 1. The fourth-order valence-electron chi connectivity index (χ4n) is 6.07. The fraction of sp³-hybridized carbons (Fsp3) is 0.189. The van der Waals surface area contributed by atoms with Crippen molar-refractivity contribution in [2.24, 2.45) is 0 Å². The molecule has 1 N–H and O–H groups in total. The lowest BCUT2D eigenvalue weighted by Crippen LogP contribution is -2.20. The van der Waals surface area contributed by atoms with Gasteiger partial charge in [-0.25, -0.2) is 4.79 Å². The normalized spacial score (nSPS) is 11.4. The molecule has 43 heavy (non-hydrogen) atoms. The minimum Gasteiger partial charge on any atom is -0.493 e. The van der Waals surface area contributed by atoms with E-state index in [2.05, 4.69) is 53.2 Å². The number of carboxylic acid groups (broad SMARTS) is 1. The van der Waals surface area contributed by atoms with Crippen LogP contribution in [0, 0.1) is 6.92 Å². The maximum absolute atomic E-state index is 13.0. The molecule has 0 atom stereocenters. The Kier molecular flexibility index (Phi) is 8.20. The van der Waals surface area contributed by atoms with Gasteiger partial charge in [-0.2, -0.15) is 0 Å². The van der Waals surface area contributed by atoms with E-state index in [1.807, 2.05) is 78.5 Å². The van der Waals surface area contributed by atoms with E-state index in [0.717, 1.165) is 55.2 Å². The molecule has 6 aromatic rings. The SMILES string of the molecule is Cc1ccccc1-c1cccc2c1c(CN(C)Cc1cccnc1)c(C(=O)O)n2CCCOc1cccc2ccccc12. The van der Waals surface area contributed by atoms with Gasteiger partial charge in [0.1, 0.15) is 11.4 Å². The molecule has 2 heterocycles. The van der Waals surface area contributed by atoms with Gasteiger partial charge in [0.15, 0.2) is 0 Å². The summed E-state index contributed by atoms with van der Waals surface area (Å²) in [4.78, 5) is 19.4. The number of aromatic nitrogens is 2. The molecule has 6 rings (SSSR count). The van der Waals surface area contributed by atoms with Crippen LogP contribution in [0.15, 0.2) is 109 Å². The van der Waals surface area contributed by atoms with Crippen LogP contribution in [0.5, 0.6) is 5.75 Å². The van der Waals surface area contributed by atoms with Crippen LogP contribution in [0.3, 0.4) is 0 Å². The molecule has 216 valence electrons. The van der Waals surface area contributed by atoms with Crippen LogP contribution in [-0.2, 0) is 19.6 Å². The number of hydrogen-bond acceptors (Lipinski definition) is 4. The topological polar surface area (TPSA) is 67.6 Å². The van der Waals surface area contributed by atoms with Crippen LogP contribution < -0.4 is 4.74 Å². The zero-order chi connectivity index (χ0) is 29.8. The molecule has 0 unspecified atom stereocenters. The third-order valence-electron chi connectivity index (χ3n) is 7.97. The maximum atomic E-state index is 13.0. The molecule has 0 saturated heterocycles. The third-order valence-corrected chi connectivity index (χ3v) is 7.97. The van der Waals surface area contributed by atoms with E-state index in [1.165, 1.54) is 0 Å². The number of carboxylic acids is 1. The molecule has 2 aromatic heterocycles. The van der Waals surface area contributed by atoms with Gasteiger partial charge >= 0.3 is 5.97 Å². The van der Waals surface area contributed by atoms with Gasteiger partial charge in [0.25, 0.3) is 0 Å². The molecule has 0 aliphatic rings. The van der Waals surface area contributed by atoms with Crippen molar-refractivity contribution in [1.82, 2.24) is 14.5 Å². The van der Waals surface area contributed by atoms with Crippen LogP contribution in [-0.4, -0.2) is 39.2 Å². The summed E-state index contributed by atoms with van der Waals surface area (Å²) >= 11 is 0. The highest BCUT2D eigenvalue weighted by Crippen LogP contribution is 2.37. The average molecular weight is 570 g/mol. The first-order valence-corrected chi connectivity index (χ1v) is 14.6. The molecular weight excluding hydrogens is 534 g/mol. The minimum absolute atomic E-state index is 0.333. The number of pyridine rings is 1. The Morgan fingerprint density at radius 1 is 0.884 bits per heavy atom. The molecule has 0 aliphatic heterocycles. The van der Waals surface area contributed by atoms with Crippen LogP contribution >= 0.6 is 0 Å². The molecule has 0 aliphatic carbocycles. The number of ether oxygens (including phenoxy) is 1. The van der Waals surface area contributed by atoms with Crippen LogP contribution in [0.25, 0.3) is 32.8 Å².